The minimum absolute atomic E-state index is 0.215. The molecule has 1 atom stereocenters. The van der Waals surface area contributed by atoms with Crippen molar-refractivity contribution in [3.63, 3.8) is 0 Å². The number of halogens is 3. The molecular weight excluding hydrogens is 327 g/mol. The fourth-order valence-electron chi connectivity index (χ4n) is 2.26. The highest BCUT2D eigenvalue weighted by atomic mass is 79.9. The van der Waals surface area contributed by atoms with Crippen LogP contribution in [0.2, 0.25) is 0 Å². The van der Waals surface area contributed by atoms with Crippen LogP contribution in [0.1, 0.15) is 33.2 Å². The Balaban J connectivity index is 2.49. The molecule has 2 aromatic rings. The first-order chi connectivity index (χ1) is 8.90. The van der Waals surface area contributed by atoms with Gasteiger partial charge in [0.15, 0.2) is 0 Å². The maximum atomic E-state index is 13.3. The number of alkyl halides is 1. The van der Waals surface area contributed by atoms with E-state index in [1.165, 1.54) is 17.7 Å². The summed E-state index contributed by atoms with van der Waals surface area (Å²) in [5.74, 6) is -0.215. The van der Waals surface area contributed by atoms with E-state index in [2.05, 4.69) is 15.9 Å². The summed E-state index contributed by atoms with van der Waals surface area (Å²) < 4.78 is 14.4. The van der Waals surface area contributed by atoms with Crippen LogP contribution in [0.3, 0.4) is 0 Å². The molecule has 0 radical (unpaired) electrons. The molecule has 0 aliphatic carbocycles. The van der Waals surface area contributed by atoms with E-state index in [0.717, 1.165) is 26.7 Å². The zero-order chi connectivity index (χ0) is 14.2. The summed E-state index contributed by atoms with van der Waals surface area (Å²) in [6, 6.07) is 9.13. The van der Waals surface area contributed by atoms with Gasteiger partial charge in [-0.25, -0.2) is 4.39 Å². The van der Waals surface area contributed by atoms with Crippen LogP contribution in [-0.4, -0.2) is 0 Å². The predicted molar refractivity (Wildman–Crippen MR) is 82.4 cm³/mol. The lowest BCUT2D eigenvalue weighted by atomic mass is 9.95. The van der Waals surface area contributed by atoms with Crippen LogP contribution in [0.4, 0.5) is 4.39 Å². The van der Waals surface area contributed by atoms with E-state index in [9.17, 15) is 4.39 Å². The quantitative estimate of drug-likeness (QED) is 0.602. The highest BCUT2D eigenvalue weighted by molar-refractivity contribution is 9.10. The topological polar surface area (TPSA) is 0 Å². The fraction of sp³-hybridized carbons (Fsp3) is 0.250. The number of rotatable bonds is 2. The monoisotopic (exact) mass is 340 g/mol. The smallest absolute Gasteiger partial charge is 0.123 e. The molecule has 2 rings (SSSR count). The Labute approximate surface area is 126 Å². The first-order valence-corrected chi connectivity index (χ1v) is 7.30. The van der Waals surface area contributed by atoms with E-state index in [0.29, 0.717) is 0 Å². The van der Waals surface area contributed by atoms with Crippen molar-refractivity contribution in [2.24, 2.45) is 0 Å². The van der Waals surface area contributed by atoms with Gasteiger partial charge in [-0.2, -0.15) is 0 Å². The van der Waals surface area contributed by atoms with Crippen LogP contribution >= 0.6 is 27.5 Å². The molecule has 0 fully saturated rings. The van der Waals surface area contributed by atoms with Gasteiger partial charge < -0.3 is 0 Å². The molecule has 0 aliphatic rings. The maximum absolute atomic E-state index is 13.3. The second kappa shape index (κ2) is 5.64. The molecule has 0 saturated heterocycles. The molecule has 0 heterocycles. The lowest BCUT2D eigenvalue weighted by Gasteiger charge is -2.17. The molecule has 0 nitrogen and oxygen atoms in total. The Kier molecular flexibility index (Phi) is 4.32. The standard InChI is InChI=1S/C16H15BrClF/c1-9-4-5-12(8-14(9)17)16(18)15-10(2)6-13(19)7-11(15)3/h4-8,16H,1-3H3. The second-order valence-corrected chi connectivity index (χ2v) is 6.12. The first-order valence-electron chi connectivity index (χ1n) is 6.07. The Bertz CT molecular complexity index is 599. The average Bonchev–Trinajstić information content (AvgIpc) is 2.31. The summed E-state index contributed by atoms with van der Waals surface area (Å²) in [5, 5.41) is -0.266. The molecule has 0 amide bonds. The SMILES string of the molecule is Cc1ccc(C(Cl)c2c(C)cc(F)cc2C)cc1Br. The molecule has 3 heteroatoms. The number of aryl methyl sites for hydroxylation is 3. The van der Waals surface area contributed by atoms with Crippen LogP contribution in [0.5, 0.6) is 0 Å². The predicted octanol–water partition coefficient (Wildman–Crippen LogP) is 5.84. The molecular formula is C16H15BrClF. The van der Waals surface area contributed by atoms with Gasteiger partial charge in [0.05, 0.1) is 5.38 Å². The third kappa shape index (κ3) is 3.01. The molecule has 1 unspecified atom stereocenters. The second-order valence-electron chi connectivity index (χ2n) is 4.82. The summed E-state index contributed by atoms with van der Waals surface area (Å²) in [4.78, 5) is 0. The van der Waals surface area contributed by atoms with Crippen LogP contribution in [-0.2, 0) is 0 Å². The maximum Gasteiger partial charge on any atom is 0.123 e. The van der Waals surface area contributed by atoms with Crippen LogP contribution < -0.4 is 0 Å². The van der Waals surface area contributed by atoms with Crippen LogP contribution in [0.15, 0.2) is 34.8 Å². The van der Waals surface area contributed by atoms with Gasteiger partial charge in [0.25, 0.3) is 0 Å². The molecule has 2 aromatic carbocycles. The molecule has 0 bridgehead atoms. The van der Waals surface area contributed by atoms with Gasteiger partial charge in [0.2, 0.25) is 0 Å². The van der Waals surface area contributed by atoms with Crippen LogP contribution in [0.25, 0.3) is 0 Å². The van der Waals surface area contributed by atoms with E-state index in [1.54, 1.807) is 0 Å². The highest BCUT2D eigenvalue weighted by Gasteiger charge is 2.17. The first kappa shape index (κ1) is 14.5. The third-order valence-corrected chi connectivity index (χ3v) is 4.62. The van der Waals surface area contributed by atoms with Crippen molar-refractivity contribution >= 4 is 27.5 Å². The van der Waals surface area contributed by atoms with E-state index >= 15 is 0 Å². The number of hydrogen-bond acceptors (Lipinski definition) is 0. The van der Waals surface area contributed by atoms with Gasteiger partial charge >= 0.3 is 0 Å². The summed E-state index contributed by atoms with van der Waals surface area (Å²) in [6.45, 7) is 5.82. The van der Waals surface area contributed by atoms with Crippen molar-refractivity contribution < 1.29 is 4.39 Å². The van der Waals surface area contributed by atoms with E-state index in [-0.39, 0.29) is 11.2 Å². The lowest BCUT2D eigenvalue weighted by molar-refractivity contribution is 0.624. The van der Waals surface area contributed by atoms with Crippen molar-refractivity contribution in [3.05, 3.63) is 68.4 Å². The van der Waals surface area contributed by atoms with Gasteiger partial charge in [-0.1, -0.05) is 28.1 Å². The van der Waals surface area contributed by atoms with Crippen molar-refractivity contribution in [1.29, 1.82) is 0 Å². The fourth-order valence-corrected chi connectivity index (χ4v) is 3.13. The minimum Gasteiger partial charge on any atom is -0.207 e. The summed E-state index contributed by atoms with van der Waals surface area (Å²) >= 11 is 10.1. The Morgan fingerprint density at radius 2 is 1.58 bits per heavy atom. The number of benzene rings is 2. The lowest BCUT2D eigenvalue weighted by Crippen LogP contribution is -2.01. The Morgan fingerprint density at radius 3 is 2.11 bits per heavy atom. The third-order valence-electron chi connectivity index (χ3n) is 3.30. The Morgan fingerprint density at radius 1 is 1.00 bits per heavy atom. The largest absolute Gasteiger partial charge is 0.207 e. The molecule has 0 spiro atoms. The summed E-state index contributed by atoms with van der Waals surface area (Å²) in [7, 11) is 0. The van der Waals surface area contributed by atoms with E-state index in [4.69, 9.17) is 11.6 Å². The molecule has 19 heavy (non-hydrogen) atoms. The van der Waals surface area contributed by atoms with Gasteiger partial charge in [-0.3, -0.25) is 0 Å². The van der Waals surface area contributed by atoms with Crippen molar-refractivity contribution in [2.75, 3.05) is 0 Å². The molecule has 0 saturated carbocycles. The van der Waals surface area contributed by atoms with Gasteiger partial charge in [-0.15, -0.1) is 11.6 Å². The highest BCUT2D eigenvalue weighted by Crippen LogP contribution is 2.35. The van der Waals surface area contributed by atoms with Crippen LogP contribution in [0, 0.1) is 26.6 Å². The van der Waals surface area contributed by atoms with Gasteiger partial charge in [0.1, 0.15) is 5.82 Å². The molecule has 100 valence electrons. The summed E-state index contributed by atoms with van der Waals surface area (Å²) in [6.07, 6.45) is 0. The normalized spacial score (nSPS) is 12.5. The van der Waals surface area contributed by atoms with Crippen molar-refractivity contribution in [1.82, 2.24) is 0 Å². The van der Waals surface area contributed by atoms with Gasteiger partial charge in [-0.05, 0) is 66.8 Å². The van der Waals surface area contributed by atoms with Crippen molar-refractivity contribution in [3.8, 4) is 0 Å². The molecule has 0 aliphatic heterocycles. The van der Waals surface area contributed by atoms with E-state index in [1.807, 2.05) is 39.0 Å². The molecule has 0 aromatic heterocycles. The van der Waals surface area contributed by atoms with Crippen molar-refractivity contribution in [2.45, 2.75) is 26.1 Å². The minimum atomic E-state index is -0.266. The number of hydrogen-bond donors (Lipinski definition) is 0. The molecule has 0 N–H and O–H groups in total. The van der Waals surface area contributed by atoms with Gasteiger partial charge in [0, 0.05) is 4.47 Å². The summed E-state index contributed by atoms with van der Waals surface area (Å²) in [5.41, 5.74) is 4.93. The Hall–Kier alpha value is -0.860. The van der Waals surface area contributed by atoms with E-state index < -0.39 is 0 Å². The zero-order valence-corrected chi connectivity index (χ0v) is 13.4. The zero-order valence-electron chi connectivity index (χ0n) is 11.1. The average molecular weight is 342 g/mol.